The van der Waals surface area contributed by atoms with E-state index < -0.39 is 6.04 Å². The van der Waals surface area contributed by atoms with Crippen molar-refractivity contribution in [3.63, 3.8) is 0 Å². The number of carbonyl (C=O) groups excluding carboxylic acids is 2. The van der Waals surface area contributed by atoms with Crippen LogP contribution in [0.15, 0.2) is 12.5 Å². The number of carbonyl (C=O) groups is 2. The van der Waals surface area contributed by atoms with Crippen molar-refractivity contribution in [2.45, 2.75) is 6.04 Å². The summed E-state index contributed by atoms with van der Waals surface area (Å²) >= 11 is 0. The molecule has 0 radical (unpaired) electrons. The van der Waals surface area contributed by atoms with Gasteiger partial charge in [0, 0.05) is 13.2 Å². The van der Waals surface area contributed by atoms with Crippen LogP contribution in [0, 0.1) is 0 Å². The Hall–Kier alpha value is -1.69. The molecule has 0 bridgehead atoms. The summed E-state index contributed by atoms with van der Waals surface area (Å²) in [7, 11) is 1.82. The molecule has 0 aromatic carbocycles. The van der Waals surface area contributed by atoms with Crippen LogP contribution in [0.25, 0.3) is 0 Å². The highest BCUT2D eigenvalue weighted by Gasteiger charge is 2.28. The van der Waals surface area contributed by atoms with Crippen LogP contribution in [-0.4, -0.2) is 27.9 Å². The molecule has 1 aromatic heterocycles. The van der Waals surface area contributed by atoms with E-state index in [-0.39, 0.29) is 18.4 Å². The van der Waals surface area contributed by atoms with Crippen LogP contribution in [0.5, 0.6) is 0 Å². The van der Waals surface area contributed by atoms with E-state index in [1.807, 2.05) is 7.05 Å². The number of imidazole rings is 1. The van der Waals surface area contributed by atoms with Gasteiger partial charge in [0.2, 0.25) is 11.8 Å². The van der Waals surface area contributed by atoms with Crippen LogP contribution >= 0.6 is 0 Å². The van der Waals surface area contributed by atoms with Gasteiger partial charge in [0.05, 0.1) is 18.6 Å². The zero-order valence-corrected chi connectivity index (χ0v) is 7.65. The molecule has 2 amide bonds. The van der Waals surface area contributed by atoms with Gasteiger partial charge in [-0.15, -0.1) is 0 Å². The van der Waals surface area contributed by atoms with Crippen molar-refractivity contribution in [1.82, 2.24) is 20.2 Å². The fraction of sp³-hybridized carbons (Fsp3) is 0.375. The number of rotatable bonds is 1. The summed E-state index contributed by atoms with van der Waals surface area (Å²) < 4.78 is 1.75. The average molecular weight is 194 g/mol. The molecule has 0 spiro atoms. The molecular formula is C8H10N4O2. The predicted octanol–water partition coefficient (Wildman–Crippen LogP) is -1.29. The largest absolute Gasteiger partial charge is 0.340 e. The summed E-state index contributed by atoms with van der Waals surface area (Å²) in [6, 6.07) is -0.520. The lowest BCUT2D eigenvalue weighted by molar-refractivity contribution is -0.134. The molecule has 1 aromatic rings. The van der Waals surface area contributed by atoms with Crippen molar-refractivity contribution < 1.29 is 9.59 Å². The van der Waals surface area contributed by atoms with Crippen molar-refractivity contribution in [2.75, 3.05) is 6.54 Å². The maximum atomic E-state index is 11.4. The molecular weight excluding hydrogens is 184 g/mol. The van der Waals surface area contributed by atoms with Crippen LogP contribution < -0.4 is 10.6 Å². The fourth-order valence-corrected chi connectivity index (χ4v) is 1.36. The first kappa shape index (κ1) is 8.89. The Bertz CT molecular complexity index is 384. The molecule has 1 saturated heterocycles. The van der Waals surface area contributed by atoms with Gasteiger partial charge in [0.15, 0.2) is 0 Å². The summed E-state index contributed by atoms with van der Waals surface area (Å²) in [4.78, 5) is 26.2. The third-order valence-electron chi connectivity index (χ3n) is 2.01. The topological polar surface area (TPSA) is 76.0 Å². The highest BCUT2D eigenvalue weighted by atomic mass is 16.2. The molecule has 0 aliphatic carbocycles. The first-order chi connectivity index (χ1) is 6.66. The lowest BCUT2D eigenvalue weighted by Gasteiger charge is -2.20. The number of amides is 2. The molecule has 6 nitrogen and oxygen atoms in total. The van der Waals surface area contributed by atoms with Gasteiger partial charge >= 0.3 is 0 Å². The van der Waals surface area contributed by atoms with Crippen LogP contribution in [0.2, 0.25) is 0 Å². The van der Waals surface area contributed by atoms with Gasteiger partial charge in [-0.3, -0.25) is 20.2 Å². The maximum absolute atomic E-state index is 11.4. The summed E-state index contributed by atoms with van der Waals surface area (Å²) in [6.45, 7) is 0.146. The lowest BCUT2D eigenvalue weighted by atomic mass is 10.1. The minimum atomic E-state index is -0.520. The van der Waals surface area contributed by atoms with E-state index in [9.17, 15) is 9.59 Å². The molecule has 74 valence electrons. The Morgan fingerprint density at radius 3 is 2.93 bits per heavy atom. The smallest absolute Gasteiger partial charge is 0.250 e. The Morgan fingerprint density at radius 2 is 2.36 bits per heavy atom. The van der Waals surface area contributed by atoms with E-state index >= 15 is 0 Å². The Morgan fingerprint density at radius 1 is 1.57 bits per heavy atom. The standard InChI is InChI=1S/C8H10N4O2/c1-12-3-5(10-4-12)7-8(14)11-6(13)2-9-7/h3-4,7,9H,2H2,1H3,(H,11,13,14). The highest BCUT2D eigenvalue weighted by Crippen LogP contribution is 2.11. The van der Waals surface area contributed by atoms with Crippen molar-refractivity contribution in [3.8, 4) is 0 Å². The SMILES string of the molecule is Cn1cnc(C2NCC(=O)NC2=O)c1. The van der Waals surface area contributed by atoms with Crippen molar-refractivity contribution in [1.29, 1.82) is 0 Å². The number of hydrogen-bond acceptors (Lipinski definition) is 4. The molecule has 0 saturated carbocycles. The number of piperazine rings is 1. The first-order valence-electron chi connectivity index (χ1n) is 4.22. The Balaban J connectivity index is 2.19. The molecule has 1 fully saturated rings. The fourth-order valence-electron chi connectivity index (χ4n) is 1.36. The number of aromatic nitrogens is 2. The van der Waals surface area contributed by atoms with Gasteiger partial charge in [-0.25, -0.2) is 4.98 Å². The summed E-state index contributed by atoms with van der Waals surface area (Å²) in [5, 5.41) is 5.06. The van der Waals surface area contributed by atoms with Gasteiger partial charge in [-0.1, -0.05) is 0 Å². The number of imide groups is 1. The van der Waals surface area contributed by atoms with Gasteiger partial charge in [0.1, 0.15) is 6.04 Å². The molecule has 1 aliphatic rings. The van der Waals surface area contributed by atoms with E-state index in [0.717, 1.165) is 0 Å². The van der Waals surface area contributed by atoms with E-state index in [0.29, 0.717) is 5.69 Å². The van der Waals surface area contributed by atoms with Crippen LogP contribution in [0.3, 0.4) is 0 Å². The number of aryl methyl sites for hydroxylation is 1. The second-order valence-electron chi connectivity index (χ2n) is 3.19. The molecule has 1 unspecified atom stereocenters. The monoisotopic (exact) mass is 194 g/mol. The molecule has 1 atom stereocenters. The quantitative estimate of drug-likeness (QED) is 0.545. The van der Waals surface area contributed by atoms with E-state index in [1.165, 1.54) is 0 Å². The zero-order chi connectivity index (χ0) is 10.1. The lowest BCUT2D eigenvalue weighted by Crippen LogP contribution is -2.51. The minimum Gasteiger partial charge on any atom is -0.340 e. The minimum absolute atomic E-state index is 0.146. The average Bonchev–Trinajstić information content (AvgIpc) is 2.51. The van der Waals surface area contributed by atoms with Crippen molar-refractivity contribution in [3.05, 3.63) is 18.2 Å². The van der Waals surface area contributed by atoms with Gasteiger partial charge in [0.25, 0.3) is 0 Å². The van der Waals surface area contributed by atoms with E-state index in [4.69, 9.17) is 0 Å². The van der Waals surface area contributed by atoms with Crippen molar-refractivity contribution in [2.24, 2.45) is 7.05 Å². The first-order valence-corrected chi connectivity index (χ1v) is 4.22. The van der Waals surface area contributed by atoms with Crippen molar-refractivity contribution >= 4 is 11.8 Å². The zero-order valence-electron chi connectivity index (χ0n) is 7.65. The van der Waals surface area contributed by atoms with Crippen LogP contribution in [-0.2, 0) is 16.6 Å². The second kappa shape index (κ2) is 3.22. The second-order valence-corrected chi connectivity index (χ2v) is 3.19. The van der Waals surface area contributed by atoms with E-state index in [2.05, 4.69) is 15.6 Å². The van der Waals surface area contributed by atoms with Gasteiger partial charge < -0.3 is 4.57 Å². The number of nitrogens with one attached hydrogen (secondary N) is 2. The van der Waals surface area contributed by atoms with Crippen LogP contribution in [0.1, 0.15) is 11.7 Å². The third kappa shape index (κ3) is 1.51. The molecule has 1 aliphatic heterocycles. The van der Waals surface area contributed by atoms with Crippen LogP contribution in [0.4, 0.5) is 0 Å². The molecule has 2 N–H and O–H groups in total. The Labute approximate surface area is 80.3 Å². The molecule has 14 heavy (non-hydrogen) atoms. The predicted molar refractivity (Wildman–Crippen MR) is 47.1 cm³/mol. The Kier molecular flexibility index (Phi) is 2.05. The summed E-state index contributed by atoms with van der Waals surface area (Å²) in [6.07, 6.45) is 3.35. The summed E-state index contributed by atoms with van der Waals surface area (Å²) in [5.74, 6) is -0.651. The summed E-state index contributed by atoms with van der Waals surface area (Å²) in [5.41, 5.74) is 0.623. The van der Waals surface area contributed by atoms with Gasteiger partial charge in [-0.05, 0) is 0 Å². The van der Waals surface area contributed by atoms with E-state index in [1.54, 1.807) is 17.1 Å². The highest BCUT2D eigenvalue weighted by molar-refractivity contribution is 6.01. The number of nitrogens with zero attached hydrogens (tertiary/aromatic N) is 2. The maximum Gasteiger partial charge on any atom is 0.250 e. The molecule has 2 heterocycles. The van der Waals surface area contributed by atoms with Gasteiger partial charge in [-0.2, -0.15) is 0 Å². The third-order valence-corrected chi connectivity index (χ3v) is 2.01. The molecule has 2 rings (SSSR count). The molecule has 6 heteroatoms. The number of hydrogen-bond donors (Lipinski definition) is 2. The normalized spacial score (nSPS) is 22.2.